The first-order chi connectivity index (χ1) is 13.8. The number of aryl methyl sites for hydroxylation is 1. The van der Waals surface area contributed by atoms with Crippen molar-refractivity contribution in [2.45, 2.75) is 46.8 Å². The van der Waals surface area contributed by atoms with Crippen LogP contribution in [0.25, 0.3) is 6.08 Å². The van der Waals surface area contributed by atoms with Gasteiger partial charge in [-0.15, -0.1) is 0 Å². The number of halogens is 1. The molecule has 2 aromatic heterocycles. The van der Waals surface area contributed by atoms with E-state index in [1.807, 2.05) is 26.0 Å². The second kappa shape index (κ2) is 9.89. The van der Waals surface area contributed by atoms with Gasteiger partial charge in [0.15, 0.2) is 6.10 Å². The van der Waals surface area contributed by atoms with Gasteiger partial charge in [0.25, 0.3) is 5.91 Å². The normalized spacial score (nSPS) is 12.2. The Bertz CT molecular complexity index is 971. The topological polar surface area (TPSA) is 97.0 Å². The summed E-state index contributed by atoms with van der Waals surface area (Å²) in [5, 5.41) is 12.3. The number of amides is 1. The summed E-state index contributed by atoms with van der Waals surface area (Å²) in [5.41, 5.74) is 2.60. The Morgan fingerprint density at radius 2 is 2.14 bits per heavy atom. The SMILES string of the molecule is CCCn1c(C)cc(/C=C(\C#N)C(=O)O[C@H](C)C(=O)Nc2ccc(Cl)cn2)c1C. The van der Waals surface area contributed by atoms with E-state index in [4.69, 9.17) is 16.3 Å². The Morgan fingerprint density at radius 3 is 2.72 bits per heavy atom. The fraction of sp³-hybridized carbons (Fsp3) is 0.333. The standard InChI is InChI=1S/C21H23ClN4O3/c1-5-8-26-13(2)9-16(14(26)3)10-17(11-23)21(28)29-15(4)20(27)25-19-7-6-18(22)12-24-19/h6-7,9-10,12,15H,5,8H2,1-4H3,(H,24,25,27)/b17-10+/t15-/m1/s1. The number of aromatic nitrogens is 2. The molecule has 0 radical (unpaired) electrons. The number of hydrogen-bond acceptors (Lipinski definition) is 5. The van der Waals surface area contributed by atoms with Crippen LogP contribution in [0.1, 0.15) is 37.2 Å². The van der Waals surface area contributed by atoms with Gasteiger partial charge < -0.3 is 14.6 Å². The van der Waals surface area contributed by atoms with Crippen molar-refractivity contribution < 1.29 is 14.3 Å². The first-order valence-electron chi connectivity index (χ1n) is 9.18. The summed E-state index contributed by atoms with van der Waals surface area (Å²) in [6.07, 6.45) is 2.74. The molecule has 0 spiro atoms. The molecule has 2 rings (SSSR count). The molecule has 0 aromatic carbocycles. The Morgan fingerprint density at radius 1 is 1.41 bits per heavy atom. The van der Waals surface area contributed by atoms with Crippen LogP contribution in [0.4, 0.5) is 5.82 Å². The fourth-order valence-electron chi connectivity index (χ4n) is 2.79. The number of ether oxygens (including phenoxy) is 1. The maximum atomic E-state index is 12.4. The minimum Gasteiger partial charge on any atom is -0.448 e. The molecule has 1 N–H and O–H groups in total. The number of esters is 1. The number of nitrogens with one attached hydrogen (secondary N) is 1. The fourth-order valence-corrected chi connectivity index (χ4v) is 2.90. The predicted octanol–water partition coefficient (Wildman–Crippen LogP) is 4.04. The highest BCUT2D eigenvalue weighted by Crippen LogP contribution is 2.19. The molecule has 0 aliphatic heterocycles. The van der Waals surface area contributed by atoms with Crippen molar-refractivity contribution in [3.63, 3.8) is 0 Å². The van der Waals surface area contributed by atoms with Crippen LogP contribution in [0.5, 0.6) is 0 Å². The van der Waals surface area contributed by atoms with Gasteiger partial charge in [0.2, 0.25) is 0 Å². The van der Waals surface area contributed by atoms with Gasteiger partial charge in [-0.3, -0.25) is 4.79 Å². The minimum absolute atomic E-state index is 0.175. The van der Waals surface area contributed by atoms with Crippen LogP contribution in [-0.4, -0.2) is 27.5 Å². The molecular weight excluding hydrogens is 392 g/mol. The largest absolute Gasteiger partial charge is 0.448 e. The molecule has 0 fully saturated rings. The lowest BCUT2D eigenvalue weighted by Gasteiger charge is -2.12. The van der Waals surface area contributed by atoms with Gasteiger partial charge in [0.1, 0.15) is 17.5 Å². The summed E-state index contributed by atoms with van der Waals surface area (Å²) >= 11 is 5.75. The van der Waals surface area contributed by atoms with E-state index < -0.39 is 18.0 Å². The first-order valence-corrected chi connectivity index (χ1v) is 9.56. The minimum atomic E-state index is -1.11. The zero-order chi connectivity index (χ0) is 21.6. The molecule has 2 heterocycles. The van der Waals surface area contributed by atoms with Crippen molar-refractivity contribution in [3.05, 3.63) is 51.9 Å². The lowest BCUT2D eigenvalue weighted by atomic mass is 10.1. The van der Waals surface area contributed by atoms with Crippen molar-refractivity contribution >= 4 is 35.4 Å². The van der Waals surface area contributed by atoms with Crippen molar-refractivity contribution in [1.82, 2.24) is 9.55 Å². The second-order valence-corrected chi connectivity index (χ2v) is 6.98. The first kappa shape index (κ1) is 22.2. The number of hydrogen-bond donors (Lipinski definition) is 1. The number of anilines is 1. The Balaban J connectivity index is 2.10. The number of carbonyl (C=O) groups excluding carboxylic acids is 2. The lowest BCUT2D eigenvalue weighted by molar-refractivity contribution is -0.148. The highest BCUT2D eigenvalue weighted by atomic mass is 35.5. The molecule has 29 heavy (non-hydrogen) atoms. The smallest absolute Gasteiger partial charge is 0.349 e. The number of pyridine rings is 1. The average molecular weight is 415 g/mol. The van der Waals surface area contributed by atoms with Crippen molar-refractivity contribution in [3.8, 4) is 6.07 Å². The molecule has 0 saturated heterocycles. The summed E-state index contributed by atoms with van der Waals surface area (Å²) < 4.78 is 7.28. The zero-order valence-corrected chi connectivity index (χ0v) is 17.6. The van der Waals surface area contributed by atoms with E-state index in [9.17, 15) is 14.9 Å². The van der Waals surface area contributed by atoms with Crippen molar-refractivity contribution in [1.29, 1.82) is 5.26 Å². The number of nitrogens with zero attached hydrogens (tertiary/aromatic N) is 3. The quantitative estimate of drug-likeness (QED) is 0.419. The van der Waals surface area contributed by atoms with Gasteiger partial charge in [-0.1, -0.05) is 18.5 Å². The molecule has 1 atom stereocenters. The summed E-state index contributed by atoms with van der Waals surface area (Å²) in [6.45, 7) is 8.27. The van der Waals surface area contributed by atoms with Crippen LogP contribution in [-0.2, 0) is 20.9 Å². The summed E-state index contributed by atoms with van der Waals surface area (Å²) in [4.78, 5) is 28.5. The van der Waals surface area contributed by atoms with E-state index >= 15 is 0 Å². The Hall–Kier alpha value is -3.11. The van der Waals surface area contributed by atoms with Crippen LogP contribution in [0.3, 0.4) is 0 Å². The van der Waals surface area contributed by atoms with Gasteiger partial charge in [-0.05, 0) is 57.0 Å². The van der Waals surface area contributed by atoms with Crippen molar-refractivity contribution in [2.75, 3.05) is 5.32 Å². The molecule has 0 saturated carbocycles. The second-order valence-electron chi connectivity index (χ2n) is 6.55. The van der Waals surface area contributed by atoms with E-state index in [1.165, 1.54) is 25.3 Å². The molecule has 8 heteroatoms. The molecule has 1 amide bonds. The van der Waals surface area contributed by atoms with Gasteiger partial charge in [-0.25, -0.2) is 9.78 Å². The van der Waals surface area contributed by atoms with Crippen LogP contribution < -0.4 is 5.32 Å². The molecule has 2 aromatic rings. The molecule has 0 unspecified atom stereocenters. The number of rotatable bonds is 7. The van der Waals surface area contributed by atoms with E-state index in [-0.39, 0.29) is 11.4 Å². The van der Waals surface area contributed by atoms with Gasteiger partial charge in [0, 0.05) is 24.1 Å². The third-order valence-corrected chi connectivity index (χ3v) is 4.56. The highest BCUT2D eigenvalue weighted by molar-refractivity contribution is 6.30. The predicted molar refractivity (Wildman–Crippen MR) is 111 cm³/mol. The summed E-state index contributed by atoms with van der Waals surface area (Å²) in [7, 11) is 0. The van der Waals surface area contributed by atoms with Crippen molar-refractivity contribution in [2.24, 2.45) is 0 Å². The van der Waals surface area contributed by atoms with Gasteiger partial charge >= 0.3 is 5.97 Å². The van der Waals surface area contributed by atoms with Crippen LogP contribution in [0.2, 0.25) is 5.02 Å². The zero-order valence-electron chi connectivity index (χ0n) is 16.8. The molecule has 0 bridgehead atoms. The van der Waals surface area contributed by atoms with E-state index in [2.05, 4.69) is 21.8 Å². The van der Waals surface area contributed by atoms with Gasteiger partial charge in [-0.2, -0.15) is 5.26 Å². The third kappa shape index (κ3) is 5.69. The molecule has 7 nitrogen and oxygen atoms in total. The van der Waals surface area contributed by atoms with Gasteiger partial charge in [0.05, 0.1) is 5.02 Å². The Labute approximate surface area is 174 Å². The molecule has 0 aliphatic rings. The van der Waals surface area contributed by atoms with E-state index in [0.717, 1.165) is 29.9 Å². The third-order valence-electron chi connectivity index (χ3n) is 4.33. The number of carbonyl (C=O) groups is 2. The summed E-state index contributed by atoms with van der Waals surface area (Å²) in [5.74, 6) is -1.15. The van der Waals surface area contributed by atoms with Crippen LogP contribution in [0, 0.1) is 25.2 Å². The molecule has 0 aliphatic carbocycles. The molecular formula is C21H23ClN4O3. The monoisotopic (exact) mass is 414 g/mol. The number of nitriles is 1. The Kier molecular flexibility index (Phi) is 7.57. The van der Waals surface area contributed by atoms with Crippen LogP contribution >= 0.6 is 11.6 Å². The molecule has 152 valence electrons. The average Bonchev–Trinajstić information content (AvgIpc) is 2.95. The maximum Gasteiger partial charge on any atom is 0.349 e. The maximum absolute atomic E-state index is 12.4. The van der Waals surface area contributed by atoms with Crippen LogP contribution in [0.15, 0.2) is 30.0 Å². The van der Waals surface area contributed by atoms with E-state index in [0.29, 0.717) is 5.02 Å². The lowest BCUT2D eigenvalue weighted by Crippen LogP contribution is -2.30. The summed E-state index contributed by atoms with van der Waals surface area (Å²) in [6, 6.07) is 6.88. The van der Waals surface area contributed by atoms with E-state index in [1.54, 1.807) is 6.07 Å². The highest BCUT2D eigenvalue weighted by Gasteiger charge is 2.21.